The van der Waals surface area contributed by atoms with Gasteiger partial charge in [-0.05, 0) is 29.7 Å². The molecule has 2 heterocycles. The van der Waals surface area contributed by atoms with E-state index in [2.05, 4.69) is 41.5 Å². The zero-order chi connectivity index (χ0) is 17.9. The molecule has 0 spiro atoms. The van der Waals surface area contributed by atoms with E-state index in [-0.39, 0.29) is 19.1 Å². The van der Waals surface area contributed by atoms with Crippen molar-refractivity contribution in [3.63, 3.8) is 0 Å². The van der Waals surface area contributed by atoms with E-state index in [4.69, 9.17) is 9.47 Å². The molecular weight excluding hydrogens is 348 g/mol. The maximum absolute atomic E-state index is 12.3. The second-order valence-electron chi connectivity index (χ2n) is 6.00. The molecule has 0 radical (unpaired) electrons. The Hall–Kier alpha value is -2.86. The molecule has 2 aromatic carbocycles. The Morgan fingerprint density at radius 2 is 1.88 bits per heavy atom. The lowest BCUT2D eigenvalue weighted by Crippen LogP contribution is -2.14. The van der Waals surface area contributed by atoms with Crippen molar-refractivity contribution in [1.82, 2.24) is 4.98 Å². The van der Waals surface area contributed by atoms with Crippen molar-refractivity contribution in [2.24, 2.45) is 0 Å². The van der Waals surface area contributed by atoms with Gasteiger partial charge in [-0.25, -0.2) is 4.98 Å². The first kappa shape index (κ1) is 16.6. The van der Waals surface area contributed by atoms with Crippen LogP contribution in [0.3, 0.4) is 0 Å². The summed E-state index contributed by atoms with van der Waals surface area (Å²) in [6, 6.07) is 13.9. The quantitative estimate of drug-likeness (QED) is 0.732. The van der Waals surface area contributed by atoms with Gasteiger partial charge < -0.3 is 14.8 Å². The number of hydrogen-bond acceptors (Lipinski definition) is 5. The number of carbonyl (C=O) groups excluding carboxylic acids is 1. The van der Waals surface area contributed by atoms with Crippen molar-refractivity contribution in [2.45, 2.75) is 19.8 Å². The normalized spacial score (nSPS) is 12.2. The smallest absolute Gasteiger partial charge is 0.231 e. The van der Waals surface area contributed by atoms with Crippen LogP contribution in [0.2, 0.25) is 0 Å². The number of aromatic nitrogens is 1. The van der Waals surface area contributed by atoms with Gasteiger partial charge in [0.25, 0.3) is 0 Å². The predicted molar refractivity (Wildman–Crippen MR) is 102 cm³/mol. The van der Waals surface area contributed by atoms with Crippen LogP contribution in [0.25, 0.3) is 11.3 Å². The molecular formula is C20H18N2O3S. The molecule has 0 saturated heterocycles. The number of hydrogen-bond donors (Lipinski definition) is 1. The Morgan fingerprint density at radius 1 is 1.12 bits per heavy atom. The average molecular weight is 366 g/mol. The van der Waals surface area contributed by atoms with Gasteiger partial charge >= 0.3 is 0 Å². The van der Waals surface area contributed by atoms with Crippen LogP contribution in [0.5, 0.6) is 11.5 Å². The van der Waals surface area contributed by atoms with E-state index >= 15 is 0 Å². The lowest BCUT2D eigenvalue weighted by molar-refractivity contribution is -0.115. The van der Waals surface area contributed by atoms with Gasteiger partial charge in [0, 0.05) is 10.9 Å². The highest BCUT2D eigenvalue weighted by atomic mass is 32.1. The van der Waals surface area contributed by atoms with E-state index in [1.54, 1.807) is 0 Å². The summed E-state index contributed by atoms with van der Waals surface area (Å²) in [6.07, 6.45) is 1.27. The first-order valence-corrected chi connectivity index (χ1v) is 9.32. The third-order valence-electron chi connectivity index (χ3n) is 4.21. The summed E-state index contributed by atoms with van der Waals surface area (Å²) in [7, 11) is 0. The fourth-order valence-electron chi connectivity index (χ4n) is 2.77. The van der Waals surface area contributed by atoms with Crippen molar-refractivity contribution >= 4 is 22.4 Å². The average Bonchev–Trinajstić information content (AvgIpc) is 3.30. The van der Waals surface area contributed by atoms with Crippen LogP contribution in [0, 0.1) is 0 Å². The fraction of sp³-hybridized carbons (Fsp3) is 0.200. The molecule has 4 rings (SSSR count). The summed E-state index contributed by atoms with van der Waals surface area (Å²) in [5, 5.41) is 5.42. The fourth-order valence-corrected chi connectivity index (χ4v) is 3.51. The number of ether oxygens (including phenoxy) is 2. The molecule has 0 atom stereocenters. The minimum Gasteiger partial charge on any atom is -0.454 e. The van der Waals surface area contributed by atoms with Gasteiger partial charge in [0.15, 0.2) is 16.6 Å². The predicted octanol–water partition coefficient (Wildman–Crippen LogP) is 4.28. The van der Waals surface area contributed by atoms with Crippen LogP contribution in [-0.4, -0.2) is 17.7 Å². The van der Waals surface area contributed by atoms with Gasteiger partial charge in [0.05, 0.1) is 12.1 Å². The summed E-state index contributed by atoms with van der Waals surface area (Å²) >= 11 is 1.43. The molecule has 0 bridgehead atoms. The first-order valence-electron chi connectivity index (χ1n) is 8.44. The standard InChI is InChI=1S/C20H18N2O3S/c1-2-13-3-6-15(7-4-13)16-11-26-20(21-16)22-19(23)10-14-5-8-17-18(9-14)25-12-24-17/h3-9,11H,2,10,12H2,1H3,(H,21,22,23). The van der Waals surface area contributed by atoms with E-state index < -0.39 is 0 Å². The molecule has 0 fully saturated rings. The molecule has 0 aliphatic carbocycles. The van der Waals surface area contributed by atoms with Crippen molar-refractivity contribution in [2.75, 3.05) is 12.1 Å². The summed E-state index contributed by atoms with van der Waals surface area (Å²) in [5.41, 5.74) is 4.09. The molecule has 6 heteroatoms. The highest BCUT2D eigenvalue weighted by Crippen LogP contribution is 2.32. The molecule has 1 aliphatic heterocycles. The Balaban J connectivity index is 1.41. The Bertz CT molecular complexity index is 934. The van der Waals surface area contributed by atoms with E-state index in [0.29, 0.717) is 16.6 Å². The van der Waals surface area contributed by atoms with Crippen molar-refractivity contribution < 1.29 is 14.3 Å². The lowest BCUT2D eigenvalue weighted by Gasteiger charge is -2.03. The second kappa shape index (κ2) is 7.17. The number of amides is 1. The monoisotopic (exact) mass is 366 g/mol. The molecule has 26 heavy (non-hydrogen) atoms. The van der Waals surface area contributed by atoms with E-state index in [0.717, 1.165) is 23.2 Å². The number of carbonyl (C=O) groups is 1. The summed E-state index contributed by atoms with van der Waals surface area (Å²) in [4.78, 5) is 16.8. The summed E-state index contributed by atoms with van der Waals surface area (Å²) in [6.45, 7) is 2.36. The number of aryl methyl sites for hydroxylation is 1. The van der Waals surface area contributed by atoms with Crippen LogP contribution < -0.4 is 14.8 Å². The van der Waals surface area contributed by atoms with Crippen LogP contribution in [0.4, 0.5) is 5.13 Å². The first-order chi connectivity index (χ1) is 12.7. The molecule has 0 saturated carbocycles. The maximum atomic E-state index is 12.3. The SMILES string of the molecule is CCc1ccc(-c2csc(NC(=O)Cc3ccc4c(c3)OCO4)n2)cc1. The molecule has 0 unspecified atom stereocenters. The van der Waals surface area contributed by atoms with Crippen LogP contribution in [0.15, 0.2) is 47.8 Å². The van der Waals surface area contributed by atoms with Gasteiger partial charge in [-0.15, -0.1) is 11.3 Å². The van der Waals surface area contributed by atoms with E-state index in [1.807, 2.05) is 23.6 Å². The Morgan fingerprint density at radius 3 is 2.69 bits per heavy atom. The van der Waals surface area contributed by atoms with Crippen LogP contribution in [0.1, 0.15) is 18.1 Å². The highest BCUT2D eigenvalue weighted by molar-refractivity contribution is 7.14. The third-order valence-corrected chi connectivity index (χ3v) is 4.97. The third kappa shape index (κ3) is 3.55. The zero-order valence-corrected chi connectivity index (χ0v) is 15.1. The van der Waals surface area contributed by atoms with Gasteiger partial charge in [-0.2, -0.15) is 0 Å². The van der Waals surface area contributed by atoms with Crippen molar-refractivity contribution in [3.05, 3.63) is 59.0 Å². The van der Waals surface area contributed by atoms with Gasteiger partial charge in [0.2, 0.25) is 12.7 Å². The molecule has 1 aromatic heterocycles. The van der Waals surface area contributed by atoms with E-state index in [9.17, 15) is 4.79 Å². The van der Waals surface area contributed by atoms with Gasteiger partial charge in [-0.3, -0.25) is 4.79 Å². The number of nitrogens with one attached hydrogen (secondary N) is 1. The van der Waals surface area contributed by atoms with Gasteiger partial charge in [0.1, 0.15) is 0 Å². The topological polar surface area (TPSA) is 60.5 Å². The molecule has 1 N–H and O–H groups in total. The number of rotatable bonds is 5. The molecule has 132 valence electrons. The molecule has 3 aromatic rings. The largest absolute Gasteiger partial charge is 0.454 e. The van der Waals surface area contributed by atoms with Crippen molar-refractivity contribution in [1.29, 1.82) is 0 Å². The number of nitrogens with zero attached hydrogens (tertiary/aromatic N) is 1. The maximum Gasteiger partial charge on any atom is 0.231 e. The van der Waals surface area contributed by atoms with Gasteiger partial charge in [-0.1, -0.05) is 37.3 Å². The summed E-state index contributed by atoms with van der Waals surface area (Å²) in [5.74, 6) is 1.29. The number of fused-ring (bicyclic) bond motifs is 1. The van der Waals surface area contributed by atoms with E-state index in [1.165, 1.54) is 16.9 Å². The molecule has 1 aliphatic rings. The summed E-state index contributed by atoms with van der Waals surface area (Å²) < 4.78 is 10.6. The minimum absolute atomic E-state index is 0.105. The second-order valence-corrected chi connectivity index (χ2v) is 6.86. The van der Waals surface area contributed by atoms with Crippen LogP contribution in [-0.2, 0) is 17.6 Å². The highest BCUT2D eigenvalue weighted by Gasteiger charge is 2.15. The number of anilines is 1. The lowest BCUT2D eigenvalue weighted by atomic mass is 10.1. The number of thiazole rings is 1. The number of benzene rings is 2. The van der Waals surface area contributed by atoms with Crippen molar-refractivity contribution in [3.8, 4) is 22.8 Å². The zero-order valence-electron chi connectivity index (χ0n) is 14.3. The van der Waals surface area contributed by atoms with Crippen LogP contribution >= 0.6 is 11.3 Å². The minimum atomic E-state index is -0.105. The Kier molecular flexibility index (Phi) is 4.58. The Labute approximate surface area is 155 Å². The molecule has 1 amide bonds. The molecule has 5 nitrogen and oxygen atoms in total.